The summed E-state index contributed by atoms with van der Waals surface area (Å²) in [6.07, 6.45) is 4.29. The second-order valence-electron chi connectivity index (χ2n) is 4.88. The van der Waals surface area contributed by atoms with E-state index in [0.717, 1.165) is 24.1 Å². The van der Waals surface area contributed by atoms with Crippen LogP contribution in [0.3, 0.4) is 0 Å². The Balaban J connectivity index is 1.93. The normalized spacial score (nSPS) is 30.4. The highest BCUT2D eigenvalue weighted by atomic mass is 32.2. The number of sulfone groups is 1. The van der Waals surface area contributed by atoms with Crippen molar-refractivity contribution in [2.24, 2.45) is 5.73 Å². The van der Waals surface area contributed by atoms with Crippen LogP contribution in [0.2, 0.25) is 0 Å². The summed E-state index contributed by atoms with van der Waals surface area (Å²) in [6, 6.07) is -0.00948. The van der Waals surface area contributed by atoms with Crippen molar-refractivity contribution in [2.75, 3.05) is 11.5 Å². The minimum atomic E-state index is -2.88. The van der Waals surface area contributed by atoms with Gasteiger partial charge in [0.25, 0.3) is 0 Å². The van der Waals surface area contributed by atoms with Gasteiger partial charge in [0.2, 0.25) is 0 Å². The minimum absolute atomic E-state index is 0.00948. The molecule has 1 aromatic rings. The quantitative estimate of drug-likeness (QED) is 0.779. The third-order valence-electron chi connectivity index (χ3n) is 3.59. The lowest BCUT2D eigenvalue weighted by molar-refractivity contribution is 0.601. The van der Waals surface area contributed by atoms with Crippen LogP contribution in [0.4, 0.5) is 0 Å². The first-order chi connectivity index (χ1) is 8.05. The standard InChI is InChI=1S/C11H15N3O2S/c12-9-2-1-7-5-13-11(14-10(7)9)8-3-4-17(15,16)6-8/h5,8-9H,1-4,6,12H2. The predicted molar refractivity (Wildman–Crippen MR) is 63.3 cm³/mol. The van der Waals surface area contributed by atoms with Crippen molar-refractivity contribution in [3.05, 3.63) is 23.3 Å². The van der Waals surface area contributed by atoms with Gasteiger partial charge in [-0.05, 0) is 24.8 Å². The van der Waals surface area contributed by atoms with Crippen LogP contribution in [0.15, 0.2) is 6.20 Å². The molecule has 2 N–H and O–H groups in total. The van der Waals surface area contributed by atoms with Gasteiger partial charge in [-0.3, -0.25) is 0 Å². The maximum Gasteiger partial charge on any atom is 0.151 e. The van der Waals surface area contributed by atoms with E-state index in [0.29, 0.717) is 12.2 Å². The van der Waals surface area contributed by atoms with Crippen LogP contribution in [0.5, 0.6) is 0 Å². The molecule has 6 heteroatoms. The zero-order chi connectivity index (χ0) is 12.0. The maximum absolute atomic E-state index is 11.4. The third-order valence-corrected chi connectivity index (χ3v) is 5.36. The summed E-state index contributed by atoms with van der Waals surface area (Å²) in [5.74, 6) is 1.05. The lowest BCUT2D eigenvalue weighted by Crippen LogP contribution is -2.12. The number of rotatable bonds is 1. The maximum atomic E-state index is 11.4. The summed E-state index contributed by atoms with van der Waals surface area (Å²) in [7, 11) is -2.88. The summed E-state index contributed by atoms with van der Waals surface area (Å²) < 4.78 is 22.9. The fourth-order valence-electron chi connectivity index (χ4n) is 2.59. The van der Waals surface area contributed by atoms with Gasteiger partial charge in [-0.15, -0.1) is 0 Å². The molecule has 2 unspecified atom stereocenters. The fraction of sp³-hybridized carbons (Fsp3) is 0.636. The van der Waals surface area contributed by atoms with Crippen LogP contribution in [0.25, 0.3) is 0 Å². The second-order valence-corrected chi connectivity index (χ2v) is 7.11. The monoisotopic (exact) mass is 253 g/mol. The summed E-state index contributed by atoms with van der Waals surface area (Å²) in [5.41, 5.74) is 7.99. The Kier molecular flexibility index (Phi) is 2.45. The molecule has 0 aromatic carbocycles. The number of hydrogen-bond donors (Lipinski definition) is 1. The molecule has 0 saturated carbocycles. The number of nitrogens with zero attached hydrogens (tertiary/aromatic N) is 2. The van der Waals surface area contributed by atoms with Gasteiger partial charge in [0.05, 0.1) is 17.2 Å². The van der Waals surface area contributed by atoms with E-state index < -0.39 is 9.84 Å². The zero-order valence-electron chi connectivity index (χ0n) is 9.46. The molecule has 1 aliphatic carbocycles. The summed E-state index contributed by atoms with van der Waals surface area (Å²) in [6.45, 7) is 0. The molecular weight excluding hydrogens is 238 g/mol. The van der Waals surface area contributed by atoms with E-state index in [4.69, 9.17) is 5.73 Å². The average molecular weight is 253 g/mol. The second kappa shape index (κ2) is 3.74. The van der Waals surface area contributed by atoms with Crippen LogP contribution in [-0.2, 0) is 16.3 Å². The predicted octanol–water partition coefficient (Wildman–Crippen LogP) is 0.325. The first-order valence-electron chi connectivity index (χ1n) is 5.87. The Bertz CT molecular complexity index is 556. The highest BCUT2D eigenvalue weighted by molar-refractivity contribution is 7.91. The van der Waals surface area contributed by atoms with Gasteiger partial charge in [-0.1, -0.05) is 0 Å². The topological polar surface area (TPSA) is 85.9 Å². The molecule has 1 aliphatic heterocycles. The molecule has 92 valence electrons. The fourth-order valence-corrected chi connectivity index (χ4v) is 4.33. The van der Waals surface area contributed by atoms with Gasteiger partial charge < -0.3 is 5.73 Å². The molecule has 0 bridgehead atoms. The van der Waals surface area contributed by atoms with Crippen molar-refractivity contribution in [1.82, 2.24) is 9.97 Å². The van der Waals surface area contributed by atoms with Crippen molar-refractivity contribution in [3.63, 3.8) is 0 Å². The van der Waals surface area contributed by atoms with Crippen molar-refractivity contribution in [2.45, 2.75) is 31.2 Å². The highest BCUT2D eigenvalue weighted by Crippen LogP contribution is 2.31. The molecule has 2 aliphatic rings. The molecule has 1 fully saturated rings. The van der Waals surface area contributed by atoms with Crippen LogP contribution >= 0.6 is 0 Å². The van der Waals surface area contributed by atoms with Crippen molar-refractivity contribution in [3.8, 4) is 0 Å². The van der Waals surface area contributed by atoms with Gasteiger partial charge in [0.1, 0.15) is 5.82 Å². The third kappa shape index (κ3) is 1.95. The van der Waals surface area contributed by atoms with E-state index in [1.807, 2.05) is 6.20 Å². The van der Waals surface area contributed by atoms with Gasteiger partial charge in [0.15, 0.2) is 9.84 Å². The van der Waals surface area contributed by atoms with E-state index in [-0.39, 0.29) is 23.5 Å². The summed E-state index contributed by atoms with van der Waals surface area (Å²) in [5, 5.41) is 0. The number of aromatic nitrogens is 2. The van der Waals surface area contributed by atoms with Gasteiger partial charge >= 0.3 is 0 Å². The van der Waals surface area contributed by atoms with Gasteiger partial charge in [-0.25, -0.2) is 18.4 Å². The van der Waals surface area contributed by atoms with Crippen LogP contribution < -0.4 is 5.73 Å². The molecule has 0 spiro atoms. The Morgan fingerprint density at radius 3 is 2.88 bits per heavy atom. The van der Waals surface area contributed by atoms with Gasteiger partial charge in [0, 0.05) is 18.2 Å². The molecule has 1 aromatic heterocycles. The van der Waals surface area contributed by atoms with Crippen molar-refractivity contribution >= 4 is 9.84 Å². The molecule has 5 nitrogen and oxygen atoms in total. The molecule has 17 heavy (non-hydrogen) atoms. The Hall–Kier alpha value is -1.01. The van der Waals surface area contributed by atoms with Crippen molar-refractivity contribution < 1.29 is 8.42 Å². The summed E-state index contributed by atoms with van der Waals surface area (Å²) in [4.78, 5) is 8.78. The number of fused-ring (bicyclic) bond motifs is 1. The molecule has 3 rings (SSSR count). The van der Waals surface area contributed by atoms with Crippen LogP contribution in [0.1, 0.15) is 41.9 Å². The molecule has 2 heterocycles. The van der Waals surface area contributed by atoms with Crippen molar-refractivity contribution in [1.29, 1.82) is 0 Å². The summed E-state index contributed by atoms with van der Waals surface area (Å²) >= 11 is 0. The smallest absolute Gasteiger partial charge is 0.151 e. The molecular formula is C11H15N3O2S. The van der Waals surface area contributed by atoms with E-state index in [9.17, 15) is 8.42 Å². The largest absolute Gasteiger partial charge is 0.323 e. The molecule has 1 saturated heterocycles. The Labute approximate surface area is 100 Å². The van der Waals surface area contributed by atoms with E-state index in [1.165, 1.54) is 0 Å². The van der Waals surface area contributed by atoms with E-state index in [2.05, 4.69) is 9.97 Å². The average Bonchev–Trinajstić information content (AvgIpc) is 2.83. The Morgan fingerprint density at radius 1 is 1.35 bits per heavy atom. The molecule has 2 atom stereocenters. The number of hydrogen-bond acceptors (Lipinski definition) is 5. The highest BCUT2D eigenvalue weighted by Gasteiger charge is 2.32. The lowest BCUT2D eigenvalue weighted by Gasteiger charge is -2.09. The number of aryl methyl sites for hydroxylation is 1. The number of nitrogens with two attached hydrogens (primary N) is 1. The van der Waals surface area contributed by atoms with Crippen LogP contribution in [-0.4, -0.2) is 29.9 Å². The minimum Gasteiger partial charge on any atom is -0.323 e. The SMILES string of the molecule is NC1CCc2cnc(C3CCS(=O)(=O)C3)nc21. The van der Waals surface area contributed by atoms with Crippen LogP contribution in [0, 0.1) is 0 Å². The lowest BCUT2D eigenvalue weighted by atomic mass is 10.1. The van der Waals surface area contributed by atoms with E-state index in [1.54, 1.807) is 0 Å². The first kappa shape index (κ1) is 11.1. The first-order valence-corrected chi connectivity index (χ1v) is 7.69. The van der Waals surface area contributed by atoms with E-state index >= 15 is 0 Å². The zero-order valence-corrected chi connectivity index (χ0v) is 10.3. The Morgan fingerprint density at radius 2 is 2.18 bits per heavy atom. The molecule has 0 amide bonds. The van der Waals surface area contributed by atoms with Gasteiger partial charge in [-0.2, -0.15) is 0 Å². The molecule has 0 radical (unpaired) electrons.